The van der Waals surface area contributed by atoms with Crippen molar-refractivity contribution in [2.24, 2.45) is 0 Å². The molecule has 1 heterocycles. The van der Waals surface area contributed by atoms with Gasteiger partial charge in [-0.3, -0.25) is 4.79 Å². The topological polar surface area (TPSA) is 78.2 Å². The predicted octanol–water partition coefficient (Wildman–Crippen LogP) is 1.34. The molecule has 0 bridgehead atoms. The Kier molecular flexibility index (Phi) is 4.40. The van der Waals surface area contributed by atoms with Crippen LogP contribution in [0.3, 0.4) is 0 Å². The van der Waals surface area contributed by atoms with Crippen LogP contribution in [-0.4, -0.2) is 38.1 Å². The Bertz CT molecular complexity index is 629. The van der Waals surface area contributed by atoms with Crippen molar-refractivity contribution in [1.82, 2.24) is 4.90 Å². The molecule has 1 aromatic carbocycles. The fraction of sp³-hybridized carbons (Fsp3) is 0.429. The highest BCUT2D eigenvalue weighted by molar-refractivity contribution is 7.91. The number of nitrogens with zero attached hydrogens (tertiary/aromatic N) is 2. The molecule has 0 aliphatic carbocycles. The number of rotatable bonds is 4. The summed E-state index contributed by atoms with van der Waals surface area (Å²) in [5.41, 5.74) is 0.426. The number of piperidine rings is 1. The maximum atomic E-state index is 12.2. The van der Waals surface area contributed by atoms with Crippen LogP contribution in [0.5, 0.6) is 0 Å². The fourth-order valence-corrected chi connectivity index (χ4v) is 3.43. The van der Waals surface area contributed by atoms with Gasteiger partial charge in [0.1, 0.15) is 0 Å². The lowest BCUT2D eigenvalue weighted by Crippen LogP contribution is -2.38. The summed E-state index contributed by atoms with van der Waals surface area (Å²) in [7, 11) is -3.41. The number of hydrogen-bond acceptors (Lipinski definition) is 4. The Balaban J connectivity index is 2.03. The summed E-state index contributed by atoms with van der Waals surface area (Å²) in [6, 6.07) is 7.79. The number of hydrogen-bond donors (Lipinski definition) is 0. The third-order valence-corrected chi connectivity index (χ3v) is 5.10. The molecule has 0 unspecified atom stereocenters. The van der Waals surface area contributed by atoms with E-state index >= 15 is 0 Å². The van der Waals surface area contributed by atoms with E-state index in [1.165, 1.54) is 24.3 Å². The van der Waals surface area contributed by atoms with Gasteiger partial charge in [0.2, 0.25) is 5.91 Å². The van der Waals surface area contributed by atoms with Crippen LogP contribution in [0.15, 0.2) is 29.2 Å². The molecular formula is C14H16N2O3S. The molecular weight excluding hydrogens is 276 g/mol. The van der Waals surface area contributed by atoms with Gasteiger partial charge in [0.15, 0.2) is 9.84 Å². The Hall–Kier alpha value is -1.87. The van der Waals surface area contributed by atoms with E-state index in [1.807, 2.05) is 6.07 Å². The molecule has 1 aliphatic heterocycles. The molecule has 0 aromatic heterocycles. The first-order valence-corrected chi connectivity index (χ1v) is 8.19. The second-order valence-electron chi connectivity index (χ2n) is 4.79. The molecule has 0 radical (unpaired) electrons. The molecule has 5 nitrogen and oxygen atoms in total. The molecule has 1 aromatic rings. The summed E-state index contributed by atoms with van der Waals surface area (Å²) >= 11 is 0. The zero-order chi connectivity index (χ0) is 14.6. The highest BCUT2D eigenvalue weighted by Gasteiger charge is 2.21. The molecule has 1 fully saturated rings. The molecule has 1 amide bonds. The first kappa shape index (κ1) is 14.5. The van der Waals surface area contributed by atoms with Crippen LogP contribution < -0.4 is 0 Å². The van der Waals surface area contributed by atoms with E-state index in [0.717, 1.165) is 12.8 Å². The summed E-state index contributed by atoms with van der Waals surface area (Å²) in [4.78, 5) is 13.4. The van der Waals surface area contributed by atoms with Gasteiger partial charge < -0.3 is 4.90 Å². The maximum Gasteiger partial charge on any atom is 0.222 e. The number of benzene rings is 1. The summed E-state index contributed by atoms with van der Waals surface area (Å²) in [5, 5.41) is 8.69. The molecule has 6 heteroatoms. The number of nitriles is 1. The van der Waals surface area contributed by atoms with Crippen molar-refractivity contribution in [3.05, 3.63) is 29.8 Å². The van der Waals surface area contributed by atoms with Crippen molar-refractivity contribution in [1.29, 1.82) is 5.26 Å². The van der Waals surface area contributed by atoms with E-state index in [2.05, 4.69) is 0 Å². The normalized spacial score (nSPS) is 15.9. The quantitative estimate of drug-likeness (QED) is 0.839. The highest BCUT2D eigenvalue weighted by atomic mass is 32.2. The fourth-order valence-electron chi connectivity index (χ4n) is 2.18. The van der Waals surface area contributed by atoms with Crippen molar-refractivity contribution < 1.29 is 13.2 Å². The van der Waals surface area contributed by atoms with Gasteiger partial charge in [0.05, 0.1) is 22.3 Å². The van der Waals surface area contributed by atoms with Crippen LogP contribution in [0.25, 0.3) is 0 Å². The average Bonchev–Trinajstić information content (AvgIpc) is 2.46. The summed E-state index contributed by atoms with van der Waals surface area (Å²) in [5.74, 6) is -0.0451. The number of amides is 1. The van der Waals surface area contributed by atoms with Gasteiger partial charge >= 0.3 is 0 Å². The van der Waals surface area contributed by atoms with Crippen LogP contribution in [0, 0.1) is 11.3 Å². The van der Waals surface area contributed by atoms with Crippen LogP contribution in [-0.2, 0) is 14.6 Å². The van der Waals surface area contributed by atoms with E-state index in [1.54, 1.807) is 4.90 Å². The van der Waals surface area contributed by atoms with E-state index < -0.39 is 9.84 Å². The Morgan fingerprint density at radius 1 is 1.20 bits per heavy atom. The first-order valence-electron chi connectivity index (χ1n) is 6.53. The van der Waals surface area contributed by atoms with Gasteiger partial charge in [-0.05, 0) is 37.1 Å². The van der Waals surface area contributed by atoms with Gasteiger partial charge in [-0.2, -0.15) is 5.26 Å². The number of likely N-dealkylation sites (tertiary alicyclic amines) is 1. The van der Waals surface area contributed by atoms with E-state index in [-0.39, 0.29) is 23.1 Å². The molecule has 2 rings (SSSR count). The van der Waals surface area contributed by atoms with Crippen molar-refractivity contribution in [3.63, 3.8) is 0 Å². The largest absolute Gasteiger partial charge is 0.342 e. The third-order valence-electron chi connectivity index (χ3n) is 3.39. The lowest BCUT2D eigenvalue weighted by atomic mass is 10.1. The third kappa shape index (κ3) is 3.36. The summed E-state index contributed by atoms with van der Waals surface area (Å²) < 4.78 is 24.3. The maximum absolute atomic E-state index is 12.2. The van der Waals surface area contributed by atoms with Gasteiger partial charge in [-0.15, -0.1) is 0 Å². The predicted molar refractivity (Wildman–Crippen MR) is 73.6 cm³/mol. The average molecular weight is 292 g/mol. The zero-order valence-corrected chi connectivity index (χ0v) is 11.9. The van der Waals surface area contributed by atoms with Gasteiger partial charge in [0.25, 0.3) is 0 Å². The Morgan fingerprint density at radius 2 is 1.90 bits per heavy atom. The first-order chi connectivity index (χ1) is 9.53. The molecule has 0 atom stereocenters. The number of sulfone groups is 1. The van der Waals surface area contributed by atoms with Gasteiger partial charge in [-0.1, -0.05) is 0 Å². The van der Waals surface area contributed by atoms with E-state index in [9.17, 15) is 13.2 Å². The highest BCUT2D eigenvalue weighted by Crippen LogP contribution is 2.15. The van der Waals surface area contributed by atoms with Crippen molar-refractivity contribution in [2.45, 2.75) is 24.2 Å². The van der Waals surface area contributed by atoms with Crippen LogP contribution in [0.4, 0.5) is 0 Å². The van der Waals surface area contributed by atoms with Gasteiger partial charge in [0, 0.05) is 19.5 Å². The zero-order valence-electron chi connectivity index (χ0n) is 11.1. The Morgan fingerprint density at radius 3 is 2.50 bits per heavy atom. The molecule has 106 valence electrons. The molecule has 1 saturated heterocycles. The summed E-state index contributed by atoms with van der Waals surface area (Å²) in [6.45, 7) is 0.878. The second kappa shape index (κ2) is 6.06. The lowest BCUT2D eigenvalue weighted by Gasteiger charge is -2.26. The number of carbonyl (C=O) groups is 1. The standard InChI is InChI=1S/C14H16N2O3S/c15-11-12-4-6-13(7-5-12)20(18,19)10-9-16-8-2-1-3-14(16)17/h4-7H,1-3,8-10H2. The molecule has 1 aliphatic rings. The van der Waals surface area contributed by atoms with Crippen LogP contribution in [0.1, 0.15) is 24.8 Å². The summed E-state index contributed by atoms with van der Waals surface area (Å²) in [6.07, 6.45) is 2.33. The molecule has 20 heavy (non-hydrogen) atoms. The smallest absolute Gasteiger partial charge is 0.222 e. The minimum absolute atomic E-state index is 0.0336. The monoisotopic (exact) mass is 292 g/mol. The molecule has 0 spiro atoms. The molecule has 0 saturated carbocycles. The Labute approximate surface area is 118 Å². The SMILES string of the molecule is N#Cc1ccc(S(=O)(=O)CCN2CCCCC2=O)cc1. The van der Waals surface area contributed by atoms with Crippen LogP contribution >= 0.6 is 0 Å². The van der Waals surface area contributed by atoms with E-state index in [4.69, 9.17) is 5.26 Å². The molecule has 0 N–H and O–H groups in total. The van der Waals surface area contributed by atoms with Crippen molar-refractivity contribution in [2.75, 3.05) is 18.8 Å². The van der Waals surface area contributed by atoms with Crippen LogP contribution in [0.2, 0.25) is 0 Å². The van der Waals surface area contributed by atoms with Crippen molar-refractivity contribution >= 4 is 15.7 Å². The van der Waals surface area contributed by atoms with Gasteiger partial charge in [-0.25, -0.2) is 8.42 Å². The van der Waals surface area contributed by atoms with Crippen molar-refractivity contribution in [3.8, 4) is 6.07 Å². The number of carbonyl (C=O) groups excluding carboxylic acids is 1. The lowest BCUT2D eigenvalue weighted by molar-refractivity contribution is -0.132. The second-order valence-corrected chi connectivity index (χ2v) is 6.90. The van der Waals surface area contributed by atoms with E-state index in [0.29, 0.717) is 18.5 Å². The minimum Gasteiger partial charge on any atom is -0.342 e. The minimum atomic E-state index is -3.41.